The van der Waals surface area contributed by atoms with Crippen molar-refractivity contribution >= 4 is 11.8 Å². The molecule has 0 N–H and O–H groups in total. The third kappa shape index (κ3) is 1.53. The Kier molecular flexibility index (Phi) is 1.77. The Morgan fingerprint density at radius 3 is 2.86 bits per heavy atom. The van der Waals surface area contributed by atoms with Gasteiger partial charge in [-0.05, 0) is 0 Å². The summed E-state index contributed by atoms with van der Waals surface area (Å²) >= 11 is 1.80. The quantitative estimate of drug-likeness (QED) is 0.471. The van der Waals surface area contributed by atoms with Crippen molar-refractivity contribution in [1.82, 2.24) is 0 Å². The van der Waals surface area contributed by atoms with Crippen molar-refractivity contribution in [3.05, 3.63) is 11.5 Å². The van der Waals surface area contributed by atoms with E-state index in [1.165, 1.54) is 0 Å². The Morgan fingerprint density at radius 1 is 1.71 bits per heavy atom. The van der Waals surface area contributed by atoms with Crippen molar-refractivity contribution in [2.24, 2.45) is 0 Å². The summed E-state index contributed by atoms with van der Waals surface area (Å²) < 4.78 is 5.06. The molecule has 0 aliphatic carbocycles. The zero-order chi connectivity index (χ0) is 5.11. The third-order valence-electron chi connectivity index (χ3n) is 0.797. The molecule has 0 aromatic rings. The van der Waals surface area contributed by atoms with Gasteiger partial charge in [0.25, 0.3) is 0 Å². The molecule has 1 aliphatic heterocycles. The zero-order valence-corrected chi connectivity index (χ0v) is 4.96. The van der Waals surface area contributed by atoms with Gasteiger partial charge in [0.05, 0.1) is 13.2 Å². The number of rotatable bonds is 0. The van der Waals surface area contributed by atoms with Gasteiger partial charge in [0.1, 0.15) is 0 Å². The van der Waals surface area contributed by atoms with E-state index in [1.54, 1.807) is 11.8 Å². The second-order valence-corrected chi connectivity index (χ2v) is 2.71. The SMILES string of the molecule is C=C1COCCS1. The first-order chi connectivity index (χ1) is 3.39. The Morgan fingerprint density at radius 2 is 2.57 bits per heavy atom. The van der Waals surface area contributed by atoms with E-state index in [2.05, 4.69) is 6.58 Å². The molecule has 1 fully saturated rings. The summed E-state index contributed by atoms with van der Waals surface area (Å²) in [4.78, 5) is 1.16. The maximum Gasteiger partial charge on any atom is 0.0769 e. The van der Waals surface area contributed by atoms with Gasteiger partial charge in [-0.15, -0.1) is 11.8 Å². The molecule has 7 heavy (non-hydrogen) atoms. The standard InChI is InChI=1S/C5H8OS/c1-5-4-6-2-3-7-5/h1-4H2. The van der Waals surface area contributed by atoms with Crippen LogP contribution < -0.4 is 0 Å². The van der Waals surface area contributed by atoms with Crippen molar-refractivity contribution in [1.29, 1.82) is 0 Å². The van der Waals surface area contributed by atoms with Gasteiger partial charge in [-0.2, -0.15) is 0 Å². The molecule has 0 aromatic carbocycles. The van der Waals surface area contributed by atoms with Crippen molar-refractivity contribution in [2.75, 3.05) is 19.0 Å². The van der Waals surface area contributed by atoms with Gasteiger partial charge >= 0.3 is 0 Å². The average molecular weight is 116 g/mol. The Hall–Kier alpha value is 0.0500. The highest BCUT2D eigenvalue weighted by Crippen LogP contribution is 2.16. The van der Waals surface area contributed by atoms with E-state index in [0.717, 1.165) is 23.9 Å². The highest BCUT2D eigenvalue weighted by atomic mass is 32.2. The largest absolute Gasteiger partial charge is 0.375 e. The molecule has 0 amide bonds. The van der Waals surface area contributed by atoms with Gasteiger partial charge in [0.15, 0.2) is 0 Å². The molecule has 1 nitrogen and oxygen atoms in total. The van der Waals surface area contributed by atoms with Crippen LogP contribution >= 0.6 is 11.8 Å². The maximum absolute atomic E-state index is 5.06. The Labute approximate surface area is 47.7 Å². The summed E-state index contributed by atoms with van der Waals surface area (Å²) in [6, 6.07) is 0. The lowest BCUT2D eigenvalue weighted by Gasteiger charge is -2.11. The summed E-state index contributed by atoms with van der Waals surface area (Å²) in [5, 5.41) is 0. The van der Waals surface area contributed by atoms with Gasteiger partial charge in [0, 0.05) is 10.7 Å². The molecule has 1 saturated heterocycles. The molecule has 1 heterocycles. The summed E-state index contributed by atoms with van der Waals surface area (Å²) in [5.74, 6) is 1.08. The summed E-state index contributed by atoms with van der Waals surface area (Å²) in [6.07, 6.45) is 0. The highest BCUT2D eigenvalue weighted by molar-refractivity contribution is 8.03. The molecule has 0 bridgehead atoms. The molecule has 1 aliphatic rings. The minimum Gasteiger partial charge on any atom is -0.375 e. The van der Waals surface area contributed by atoms with E-state index in [4.69, 9.17) is 4.74 Å². The number of hydrogen-bond acceptors (Lipinski definition) is 2. The van der Waals surface area contributed by atoms with E-state index in [-0.39, 0.29) is 0 Å². The van der Waals surface area contributed by atoms with Crippen molar-refractivity contribution in [3.8, 4) is 0 Å². The molecular formula is C5H8OS. The summed E-state index contributed by atoms with van der Waals surface area (Å²) in [5.41, 5.74) is 0. The van der Waals surface area contributed by atoms with Gasteiger partial charge < -0.3 is 4.74 Å². The van der Waals surface area contributed by atoms with Crippen LogP contribution in [0.15, 0.2) is 11.5 Å². The first-order valence-corrected chi connectivity index (χ1v) is 3.26. The lowest BCUT2D eigenvalue weighted by atomic mass is 10.6. The van der Waals surface area contributed by atoms with Crippen LogP contribution in [0.2, 0.25) is 0 Å². The van der Waals surface area contributed by atoms with Crippen LogP contribution in [0.4, 0.5) is 0 Å². The molecule has 0 radical (unpaired) electrons. The molecule has 0 saturated carbocycles. The second kappa shape index (κ2) is 2.38. The zero-order valence-electron chi connectivity index (χ0n) is 4.14. The fourth-order valence-corrected chi connectivity index (χ4v) is 1.13. The first kappa shape index (κ1) is 5.19. The minimum absolute atomic E-state index is 0.755. The monoisotopic (exact) mass is 116 g/mol. The van der Waals surface area contributed by atoms with E-state index in [0.29, 0.717) is 0 Å². The molecule has 0 atom stereocenters. The number of thioether (sulfide) groups is 1. The predicted molar refractivity (Wildman–Crippen MR) is 32.4 cm³/mol. The Bertz CT molecular complexity index is 72.1. The van der Waals surface area contributed by atoms with Crippen LogP contribution in [0.1, 0.15) is 0 Å². The lowest BCUT2D eigenvalue weighted by molar-refractivity contribution is 0.173. The summed E-state index contributed by atoms with van der Waals surface area (Å²) in [6.45, 7) is 5.40. The van der Waals surface area contributed by atoms with Crippen LogP contribution in [-0.2, 0) is 4.74 Å². The van der Waals surface area contributed by atoms with Gasteiger partial charge in [-0.1, -0.05) is 6.58 Å². The molecule has 0 aromatic heterocycles. The fraction of sp³-hybridized carbons (Fsp3) is 0.600. The van der Waals surface area contributed by atoms with E-state index < -0.39 is 0 Å². The minimum atomic E-state index is 0.755. The topological polar surface area (TPSA) is 9.23 Å². The van der Waals surface area contributed by atoms with Gasteiger partial charge in [0.2, 0.25) is 0 Å². The molecule has 0 spiro atoms. The van der Waals surface area contributed by atoms with Crippen LogP contribution in [0.5, 0.6) is 0 Å². The van der Waals surface area contributed by atoms with E-state index in [1.807, 2.05) is 0 Å². The predicted octanol–water partition coefficient (Wildman–Crippen LogP) is 1.26. The smallest absolute Gasteiger partial charge is 0.0769 e. The van der Waals surface area contributed by atoms with Crippen LogP contribution in [0.3, 0.4) is 0 Å². The van der Waals surface area contributed by atoms with Gasteiger partial charge in [-0.3, -0.25) is 0 Å². The maximum atomic E-state index is 5.06. The van der Waals surface area contributed by atoms with Crippen molar-refractivity contribution < 1.29 is 4.74 Å². The van der Waals surface area contributed by atoms with Crippen molar-refractivity contribution in [2.45, 2.75) is 0 Å². The van der Waals surface area contributed by atoms with Crippen LogP contribution in [-0.4, -0.2) is 19.0 Å². The second-order valence-electron chi connectivity index (χ2n) is 1.44. The Balaban J connectivity index is 2.25. The first-order valence-electron chi connectivity index (χ1n) is 2.28. The molecule has 40 valence electrons. The van der Waals surface area contributed by atoms with E-state index >= 15 is 0 Å². The van der Waals surface area contributed by atoms with Crippen molar-refractivity contribution in [3.63, 3.8) is 0 Å². The number of hydrogen-bond donors (Lipinski definition) is 0. The lowest BCUT2D eigenvalue weighted by Crippen LogP contribution is -2.06. The molecule has 2 heteroatoms. The third-order valence-corrected chi connectivity index (χ3v) is 1.69. The molecule has 1 rings (SSSR count). The van der Waals surface area contributed by atoms with E-state index in [9.17, 15) is 0 Å². The fourth-order valence-electron chi connectivity index (χ4n) is 0.473. The molecular weight excluding hydrogens is 108 g/mol. The number of ether oxygens (including phenoxy) is 1. The van der Waals surface area contributed by atoms with Crippen LogP contribution in [0.25, 0.3) is 0 Å². The average Bonchev–Trinajstić information content (AvgIpc) is 1.69. The normalized spacial score (nSPS) is 22.6. The van der Waals surface area contributed by atoms with Gasteiger partial charge in [-0.25, -0.2) is 0 Å². The highest BCUT2D eigenvalue weighted by Gasteiger charge is 2.00. The summed E-state index contributed by atoms with van der Waals surface area (Å²) in [7, 11) is 0. The molecule has 0 unspecified atom stereocenters. The van der Waals surface area contributed by atoms with Crippen LogP contribution in [0, 0.1) is 0 Å².